The zero-order chi connectivity index (χ0) is 22.5. The number of hydrogen-bond donors (Lipinski definition) is 1. The van der Waals surface area contributed by atoms with Crippen molar-refractivity contribution in [1.29, 1.82) is 0 Å². The van der Waals surface area contributed by atoms with Gasteiger partial charge < -0.3 is 9.47 Å². The Hall–Kier alpha value is -2.65. The zero-order valence-corrected chi connectivity index (χ0v) is 19.1. The van der Waals surface area contributed by atoms with Gasteiger partial charge in [-0.25, -0.2) is 18.0 Å². The highest BCUT2D eigenvalue weighted by Gasteiger charge is 2.24. The highest BCUT2D eigenvalue weighted by atomic mass is 32.2. The molecule has 9 heteroatoms. The van der Waals surface area contributed by atoms with E-state index in [9.17, 15) is 18.0 Å². The van der Waals surface area contributed by atoms with Crippen LogP contribution in [0.3, 0.4) is 0 Å². The zero-order valence-electron chi connectivity index (χ0n) is 17.5. The SMILES string of the molecule is CCOC(=O)/C=C/c1cc(C(C)(C)C)ccc1S(=O)(=O)Nc1ccsc1C(=O)OC. The summed E-state index contributed by atoms with van der Waals surface area (Å²) in [4.78, 5) is 23.7. The van der Waals surface area contributed by atoms with E-state index < -0.39 is 22.0 Å². The Balaban J connectivity index is 2.51. The van der Waals surface area contributed by atoms with Crippen LogP contribution in [0.15, 0.2) is 40.6 Å². The van der Waals surface area contributed by atoms with Gasteiger partial charge in [-0.2, -0.15) is 0 Å². The van der Waals surface area contributed by atoms with Gasteiger partial charge in [0.2, 0.25) is 0 Å². The van der Waals surface area contributed by atoms with Crippen molar-refractivity contribution in [2.45, 2.75) is 38.0 Å². The highest BCUT2D eigenvalue weighted by molar-refractivity contribution is 7.92. The van der Waals surface area contributed by atoms with E-state index in [-0.39, 0.29) is 27.5 Å². The molecule has 0 amide bonds. The van der Waals surface area contributed by atoms with Gasteiger partial charge in [0, 0.05) is 6.08 Å². The van der Waals surface area contributed by atoms with Crippen LogP contribution in [0.1, 0.15) is 48.5 Å². The molecule has 0 fully saturated rings. The molecule has 0 saturated heterocycles. The van der Waals surface area contributed by atoms with Crippen LogP contribution < -0.4 is 4.72 Å². The van der Waals surface area contributed by atoms with Crippen molar-refractivity contribution >= 4 is 45.1 Å². The van der Waals surface area contributed by atoms with Crippen LogP contribution >= 0.6 is 11.3 Å². The smallest absolute Gasteiger partial charge is 0.350 e. The van der Waals surface area contributed by atoms with E-state index in [1.54, 1.807) is 24.4 Å². The van der Waals surface area contributed by atoms with Gasteiger partial charge >= 0.3 is 11.9 Å². The lowest BCUT2D eigenvalue weighted by Gasteiger charge is -2.21. The van der Waals surface area contributed by atoms with E-state index in [1.165, 1.54) is 31.4 Å². The normalized spacial score (nSPS) is 12.0. The van der Waals surface area contributed by atoms with Gasteiger partial charge in [-0.3, -0.25) is 4.72 Å². The Bertz CT molecular complexity index is 1060. The van der Waals surface area contributed by atoms with Crippen LogP contribution in [0.2, 0.25) is 0 Å². The van der Waals surface area contributed by atoms with E-state index in [2.05, 4.69) is 4.72 Å². The van der Waals surface area contributed by atoms with Crippen LogP contribution in [-0.2, 0) is 29.7 Å². The Morgan fingerprint density at radius 3 is 2.50 bits per heavy atom. The monoisotopic (exact) mass is 451 g/mol. The number of esters is 2. The predicted octanol–water partition coefficient (Wildman–Crippen LogP) is 4.21. The summed E-state index contributed by atoms with van der Waals surface area (Å²) in [6.45, 7) is 7.91. The number of hydrogen-bond acceptors (Lipinski definition) is 7. The number of carbonyl (C=O) groups is 2. The first kappa shape index (κ1) is 23.6. The second-order valence-corrected chi connectivity index (χ2v) is 9.92. The van der Waals surface area contributed by atoms with Crippen LogP contribution in [0.5, 0.6) is 0 Å². The summed E-state index contributed by atoms with van der Waals surface area (Å²) in [6, 6.07) is 6.42. The molecule has 0 aliphatic rings. The lowest BCUT2D eigenvalue weighted by Crippen LogP contribution is -2.17. The van der Waals surface area contributed by atoms with E-state index in [0.717, 1.165) is 16.9 Å². The van der Waals surface area contributed by atoms with E-state index in [0.29, 0.717) is 5.56 Å². The number of ether oxygens (including phenoxy) is 2. The minimum atomic E-state index is -4.06. The maximum Gasteiger partial charge on any atom is 0.350 e. The molecular weight excluding hydrogens is 426 g/mol. The summed E-state index contributed by atoms with van der Waals surface area (Å²) in [7, 11) is -2.83. The van der Waals surface area contributed by atoms with E-state index in [4.69, 9.17) is 9.47 Å². The molecule has 2 rings (SSSR count). The molecule has 1 heterocycles. The third kappa shape index (κ3) is 5.70. The molecule has 1 N–H and O–H groups in total. The van der Waals surface area contributed by atoms with Gasteiger partial charge in [-0.15, -0.1) is 11.3 Å². The average molecular weight is 452 g/mol. The predicted molar refractivity (Wildman–Crippen MR) is 117 cm³/mol. The van der Waals surface area contributed by atoms with Crippen molar-refractivity contribution in [3.63, 3.8) is 0 Å². The lowest BCUT2D eigenvalue weighted by molar-refractivity contribution is -0.137. The number of anilines is 1. The van der Waals surface area contributed by atoms with Crippen molar-refractivity contribution in [3.05, 3.63) is 51.7 Å². The minimum Gasteiger partial charge on any atom is -0.465 e. The van der Waals surface area contributed by atoms with Crippen LogP contribution in [-0.4, -0.2) is 34.1 Å². The fourth-order valence-electron chi connectivity index (χ4n) is 2.58. The summed E-state index contributed by atoms with van der Waals surface area (Å²) in [5.74, 6) is -1.20. The molecule has 0 aliphatic carbocycles. The van der Waals surface area contributed by atoms with Gasteiger partial charge in [-0.05, 0) is 53.1 Å². The van der Waals surface area contributed by atoms with E-state index in [1.807, 2.05) is 20.8 Å². The number of rotatable bonds is 7. The fraction of sp³-hybridized carbons (Fsp3) is 0.333. The molecule has 0 aliphatic heterocycles. The molecule has 30 heavy (non-hydrogen) atoms. The molecule has 0 bridgehead atoms. The molecule has 0 atom stereocenters. The quantitative estimate of drug-likeness (QED) is 0.500. The summed E-state index contributed by atoms with van der Waals surface area (Å²) in [5, 5.41) is 1.59. The summed E-state index contributed by atoms with van der Waals surface area (Å²) >= 11 is 1.07. The lowest BCUT2D eigenvalue weighted by atomic mass is 9.86. The van der Waals surface area contributed by atoms with Gasteiger partial charge in [-0.1, -0.05) is 26.8 Å². The number of benzene rings is 1. The molecule has 0 unspecified atom stereocenters. The number of sulfonamides is 1. The maximum absolute atomic E-state index is 13.1. The van der Waals surface area contributed by atoms with Crippen molar-refractivity contribution in [1.82, 2.24) is 0 Å². The molecule has 2 aromatic rings. The van der Waals surface area contributed by atoms with Gasteiger partial charge in [0.05, 0.1) is 24.3 Å². The van der Waals surface area contributed by atoms with Gasteiger partial charge in [0.1, 0.15) is 4.88 Å². The Morgan fingerprint density at radius 1 is 1.20 bits per heavy atom. The topological polar surface area (TPSA) is 98.8 Å². The first-order valence-electron chi connectivity index (χ1n) is 9.17. The molecule has 1 aromatic carbocycles. The van der Waals surface area contributed by atoms with Crippen molar-refractivity contribution < 1.29 is 27.5 Å². The fourth-order valence-corrected chi connectivity index (χ4v) is 4.66. The van der Waals surface area contributed by atoms with E-state index >= 15 is 0 Å². The van der Waals surface area contributed by atoms with Gasteiger partial charge in [0.15, 0.2) is 0 Å². The molecule has 162 valence electrons. The largest absolute Gasteiger partial charge is 0.465 e. The number of thiophene rings is 1. The number of methoxy groups -OCH3 is 1. The van der Waals surface area contributed by atoms with Crippen LogP contribution in [0, 0.1) is 0 Å². The number of nitrogens with one attached hydrogen (secondary N) is 1. The molecule has 7 nitrogen and oxygen atoms in total. The van der Waals surface area contributed by atoms with Crippen LogP contribution in [0.25, 0.3) is 6.08 Å². The Morgan fingerprint density at radius 2 is 1.90 bits per heavy atom. The summed E-state index contributed by atoms with van der Waals surface area (Å²) in [5.41, 5.74) is 1.13. The molecule has 0 spiro atoms. The Labute approximate surface area is 180 Å². The number of carbonyl (C=O) groups excluding carboxylic acids is 2. The summed E-state index contributed by atoms with van der Waals surface area (Å²) in [6.07, 6.45) is 2.60. The highest BCUT2D eigenvalue weighted by Crippen LogP contribution is 2.30. The van der Waals surface area contributed by atoms with Gasteiger partial charge in [0.25, 0.3) is 10.0 Å². The second kappa shape index (κ2) is 9.44. The third-order valence-corrected chi connectivity index (χ3v) is 6.47. The van der Waals surface area contributed by atoms with Crippen molar-refractivity contribution in [2.75, 3.05) is 18.4 Å². The first-order valence-corrected chi connectivity index (χ1v) is 11.5. The maximum atomic E-state index is 13.1. The second-order valence-electron chi connectivity index (χ2n) is 7.35. The molecule has 1 aromatic heterocycles. The minimum absolute atomic E-state index is 0.0296. The standard InChI is InChI=1S/C21H25NO6S2/c1-6-28-18(23)10-7-14-13-15(21(2,3)4)8-9-17(14)30(25,26)22-16-11-12-29-19(16)20(24)27-5/h7-13,22H,6H2,1-5H3/b10-7+. The average Bonchev–Trinajstić information content (AvgIpc) is 3.12. The molecule has 0 radical (unpaired) electrons. The first-order chi connectivity index (χ1) is 14.0. The third-order valence-electron chi connectivity index (χ3n) is 4.13. The Kier molecular flexibility index (Phi) is 7.44. The molecular formula is C21H25NO6S2. The van der Waals surface area contributed by atoms with Crippen molar-refractivity contribution in [2.24, 2.45) is 0 Å². The van der Waals surface area contributed by atoms with Crippen LogP contribution in [0.4, 0.5) is 5.69 Å². The summed E-state index contributed by atoms with van der Waals surface area (Å²) < 4.78 is 38.2. The molecule has 0 saturated carbocycles. The van der Waals surface area contributed by atoms with Crippen molar-refractivity contribution in [3.8, 4) is 0 Å².